The van der Waals surface area contributed by atoms with Gasteiger partial charge in [-0.2, -0.15) is 0 Å². The summed E-state index contributed by atoms with van der Waals surface area (Å²) in [5.74, 6) is 1.93. The van der Waals surface area contributed by atoms with Gasteiger partial charge in [0.1, 0.15) is 5.76 Å². The number of ketones is 1. The number of Topliss-reactive ketones (excluding diaryl/α,β-unsaturated/α-hetero) is 1. The Morgan fingerprint density at radius 3 is 2.57 bits per heavy atom. The van der Waals surface area contributed by atoms with Crippen LogP contribution in [0, 0.1) is 20.8 Å². The average Bonchev–Trinajstić information content (AvgIpc) is 3.40. The first-order chi connectivity index (χ1) is 14.5. The molecule has 30 heavy (non-hydrogen) atoms. The summed E-state index contributed by atoms with van der Waals surface area (Å²) in [6.45, 7) is 6.71. The van der Waals surface area contributed by atoms with Gasteiger partial charge in [0, 0.05) is 30.5 Å². The maximum absolute atomic E-state index is 13.0. The van der Waals surface area contributed by atoms with Gasteiger partial charge in [-0.25, -0.2) is 0 Å². The number of hydrogen-bond acceptors (Lipinski definition) is 5. The van der Waals surface area contributed by atoms with Crippen molar-refractivity contribution in [3.05, 3.63) is 77.0 Å². The number of thioether (sulfide) groups is 1. The molecule has 0 saturated carbocycles. The molecule has 0 unspecified atom stereocenters. The van der Waals surface area contributed by atoms with Crippen LogP contribution >= 0.6 is 11.8 Å². The van der Waals surface area contributed by atoms with Crippen molar-refractivity contribution in [1.82, 2.24) is 19.3 Å². The fourth-order valence-electron chi connectivity index (χ4n) is 3.59. The van der Waals surface area contributed by atoms with Crippen LogP contribution in [0.15, 0.2) is 58.3 Å². The molecule has 0 atom stereocenters. The monoisotopic (exact) mass is 420 g/mol. The number of aromatic nitrogens is 4. The Bertz CT molecular complexity index is 1190. The summed E-state index contributed by atoms with van der Waals surface area (Å²) in [4.78, 5) is 13.0. The Labute approximate surface area is 179 Å². The fraction of sp³-hybridized carbons (Fsp3) is 0.261. The van der Waals surface area contributed by atoms with Crippen LogP contribution in [0.25, 0.3) is 11.4 Å². The second-order valence-corrected chi connectivity index (χ2v) is 8.27. The number of carbonyl (C=O) groups is 1. The summed E-state index contributed by atoms with van der Waals surface area (Å²) in [6, 6.07) is 14.1. The first kappa shape index (κ1) is 20.2. The minimum Gasteiger partial charge on any atom is -0.469 e. The summed E-state index contributed by atoms with van der Waals surface area (Å²) in [6.07, 6.45) is 1.64. The Balaban J connectivity index is 1.48. The molecular formula is C23H24N4O2S. The Morgan fingerprint density at radius 1 is 1.10 bits per heavy atom. The molecule has 154 valence electrons. The van der Waals surface area contributed by atoms with E-state index in [2.05, 4.69) is 26.9 Å². The largest absolute Gasteiger partial charge is 0.469 e. The number of rotatable bonds is 7. The Hall–Kier alpha value is -3.06. The van der Waals surface area contributed by atoms with Crippen LogP contribution in [0.1, 0.15) is 33.1 Å². The highest BCUT2D eigenvalue weighted by Crippen LogP contribution is 2.27. The molecule has 4 rings (SSSR count). The molecule has 1 aromatic carbocycles. The number of carbonyl (C=O) groups excluding carboxylic acids is 1. The molecule has 0 radical (unpaired) electrons. The topological polar surface area (TPSA) is 65.8 Å². The first-order valence-corrected chi connectivity index (χ1v) is 10.7. The molecular weight excluding hydrogens is 396 g/mol. The van der Waals surface area contributed by atoms with Crippen molar-refractivity contribution in [2.75, 3.05) is 5.75 Å². The van der Waals surface area contributed by atoms with E-state index in [9.17, 15) is 4.79 Å². The highest BCUT2D eigenvalue weighted by atomic mass is 32.2. The molecule has 6 nitrogen and oxygen atoms in total. The fourth-order valence-corrected chi connectivity index (χ4v) is 4.39. The minimum atomic E-state index is 0.0939. The third-order valence-corrected chi connectivity index (χ3v) is 6.34. The van der Waals surface area contributed by atoms with E-state index in [1.165, 1.54) is 17.3 Å². The Morgan fingerprint density at radius 2 is 1.87 bits per heavy atom. The summed E-state index contributed by atoms with van der Waals surface area (Å²) in [5, 5.41) is 9.23. The zero-order chi connectivity index (χ0) is 21.3. The molecule has 3 heterocycles. The normalized spacial score (nSPS) is 11.2. The van der Waals surface area contributed by atoms with Crippen molar-refractivity contribution in [2.24, 2.45) is 7.05 Å². The number of nitrogens with zero attached hydrogens (tertiary/aromatic N) is 4. The zero-order valence-electron chi connectivity index (χ0n) is 17.5. The van der Waals surface area contributed by atoms with Gasteiger partial charge in [-0.1, -0.05) is 42.1 Å². The third kappa shape index (κ3) is 3.85. The van der Waals surface area contributed by atoms with E-state index in [1.807, 2.05) is 62.7 Å². The molecule has 0 bridgehead atoms. The molecule has 4 aromatic rings. The van der Waals surface area contributed by atoms with Crippen molar-refractivity contribution in [1.29, 1.82) is 0 Å². The summed E-state index contributed by atoms with van der Waals surface area (Å²) >= 11 is 1.40. The molecule has 0 amide bonds. The third-order valence-electron chi connectivity index (χ3n) is 5.32. The first-order valence-electron chi connectivity index (χ1n) is 9.76. The smallest absolute Gasteiger partial charge is 0.191 e. The van der Waals surface area contributed by atoms with Crippen LogP contribution in [0.5, 0.6) is 0 Å². The second kappa shape index (κ2) is 8.36. The molecule has 0 saturated heterocycles. The van der Waals surface area contributed by atoms with Crippen LogP contribution in [0.2, 0.25) is 0 Å². The molecule has 0 spiro atoms. The van der Waals surface area contributed by atoms with Crippen molar-refractivity contribution in [3.63, 3.8) is 0 Å². The van der Waals surface area contributed by atoms with E-state index in [4.69, 9.17) is 4.42 Å². The van der Waals surface area contributed by atoms with Crippen molar-refractivity contribution in [2.45, 2.75) is 32.5 Å². The standard InChI is InChI=1S/C23H24N4O2S/c1-15-12-20(16(2)27(15)13-18-8-6-5-7-9-18)21(28)14-30-23-25-24-22(26(23)4)19-10-11-29-17(19)3/h5-12H,13-14H2,1-4H3. The van der Waals surface area contributed by atoms with Crippen molar-refractivity contribution >= 4 is 17.5 Å². The van der Waals surface area contributed by atoms with Gasteiger partial charge in [0.2, 0.25) is 0 Å². The van der Waals surface area contributed by atoms with Crippen LogP contribution < -0.4 is 0 Å². The molecule has 0 fully saturated rings. The molecule has 0 aliphatic heterocycles. The van der Waals surface area contributed by atoms with E-state index in [0.717, 1.165) is 40.6 Å². The van der Waals surface area contributed by atoms with Crippen LogP contribution in [0.4, 0.5) is 0 Å². The number of furan rings is 1. The van der Waals surface area contributed by atoms with Crippen LogP contribution in [-0.4, -0.2) is 30.9 Å². The van der Waals surface area contributed by atoms with Crippen LogP contribution in [-0.2, 0) is 13.6 Å². The van der Waals surface area contributed by atoms with E-state index >= 15 is 0 Å². The van der Waals surface area contributed by atoms with Gasteiger partial charge in [0.05, 0.1) is 17.6 Å². The Kier molecular flexibility index (Phi) is 5.63. The van der Waals surface area contributed by atoms with Gasteiger partial charge >= 0.3 is 0 Å². The van der Waals surface area contributed by atoms with Crippen LogP contribution in [0.3, 0.4) is 0 Å². The zero-order valence-corrected chi connectivity index (χ0v) is 18.4. The van der Waals surface area contributed by atoms with Crippen molar-refractivity contribution in [3.8, 4) is 11.4 Å². The van der Waals surface area contributed by atoms with Gasteiger partial charge in [-0.3, -0.25) is 4.79 Å². The van der Waals surface area contributed by atoms with E-state index in [1.54, 1.807) is 6.26 Å². The van der Waals surface area contributed by atoms with Gasteiger partial charge in [0.15, 0.2) is 16.8 Å². The second-order valence-electron chi connectivity index (χ2n) is 7.32. The quantitative estimate of drug-likeness (QED) is 0.317. The lowest BCUT2D eigenvalue weighted by Crippen LogP contribution is -2.08. The van der Waals surface area contributed by atoms with E-state index in [0.29, 0.717) is 10.9 Å². The highest BCUT2D eigenvalue weighted by molar-refractivity contribution is 7.99. The summed E-state index contributed by atoms with van der Waals surface area (Å²) in [7, 11) is 1.90. The molecule has 0 aliphatic carbocycles. The van der Waals surface area contributed by atoms with Gasteiger partial charge in [-0.05, 0) is 38.5 Å². The molecule has 7 heteroatoms. The maximum atomic E-state index is 13.0. The van der Waals surface area contributed by atoms with Gasteiger partial charge < -0.3 is 13.6 Å². The average molecular weight is 421 g/mol. The lowest BCUT2D eigenvalue weighted by molar-refractivity contribution is 0.102. The highest BCUT2D eigenvalue weighted by Gasteiger charge is 2.19. The number of benzene rings is 1. The molecule has 0 N–H and O–H groups in total. The van der Waals surface area contributed by atoms with E-state index in [-0.39, 0.29) is 5.78 Å². The minimum absolute atomic E-state index is 0.0939. The maximum Gasteiger partial charge on any atom is 0.191 e. The van der Waals surface area contributed by atoms with E-state index < -0.39 is 0 Å². The summed E-state index contributed by atoms with van der Waals surface area (Å²) < 4.78 is 9.45. The van der Waals surface area contributed by atoms with Gasteiger partial charge in [0.25, 0.3) is 0 Å². The SMILES string of the molecule is Cc1occc1-c1nnc(SCC(=O)c2cc(C)n(Cc3ccccc3)c2C)n1C. The lowest BCUT2D eigenvalue weighted by Gasteiger charge is -2.10. The predicted molar refractivity (Wildman–Crippen MR) is 118 cm³/mol. The molecule has 0 aliphatic rings. The number of hydrogen-bond donors (Lipinski definition) is 0. The molecule has 3 aromatic heterocycles. The van der Waals surface area contributed by atoms with Crippen molar-refractivity contribution < 1.29 is 9.21 Å². The van der Waals surface area contributed by atoms with Gasteiger partial charge in [-0.15, -0.1) is 10.2 Å². The summed E-state index contributed by atoms with van der Waals surface area (Å²) in [5.41, 5.74) is 4.97. The lowest BCUT2D eigenvalue weighted by atomic mass is 10.2. The predicted octanol–water partition coefficient (Wildman–Crippen LogP) is 4.83. The number of aryl methyl sites for hydroxylation is 2.